The van der Waals surface area contributed by atoms with Gasteiger partial charge in [-0.05, 0) is 37.7 Å². The largest absolute Gasteiger partial charge is 0.368 e. The lowest BCUT2D eigenvalue weighted by Crippen LogP contribution is -2.58. The molecule has 1 aromatic heterocycles. The van der Waals surface area contributed by atoms with Crippen molar-refractivity contribution in [2.24, 2.45) is 11.7 Å². The lowest BCUT2D eigenvalue weighted by molar-refractivity contribution is -0.125. The molecular weight excluding hydrogens is 352 g/mol. The van der Waals surface area contributed by atoms with Crippen LogP contribution < -0.4 is 11.1 Å². The van der Waals surface area contributed by atoms with Crippen molar-refractivity contribution in [2.45, 2.75) is 76.3 Å². The third-order valence-electron chi connectivity index (χ3n) is 6.56. The number of benzene rings is 1. The summed E-state index contributed by atoms with van der Waals surface area (Å²) in [5.74, 6) is -0.117. The van der Waals surface area contributed by atoms with Gasteiger partial charge in [0.1, 0.15) is 5.54 Å². The molecule has 0 spiro atoms. The zero-order valence-corrected chi connectivity index (χ0v) is 16.5. The summed E-state index contributed by atoms with van der Waals surface area (Å²) in [6, 6.07) is 7.87. The molecule has 2 aliphatic carbocycles. The van der Waals surface area contributed by atoms with Crippen molar-refractivity contribution in [2.75, 3.05) is 0 Å². The number of aromatic nitrogens is 2. The molecule has 2 aromatic rings. The molecule has 0 aliphatic heterocycles. The molecule has 0 atom stereocenters. The highest BCUT2D eigenvalue weighted by Crippen LogP contribution is 2.30. The second-order valence-corrected chi connectivity index (χ2v) is 8.51. The number of hydrogen-bond acceptors (Lipinski definition) is 3. The number of nitrogens with zero attached hydrogens (tertiary/aromatic N) is 2. The van der Waals surface area contributed by atoms with Gasteiger partial charge in [-0.2, -0.15) is 5.10 Å². The van der Waals surface area contributed by atoms with Crippen LogP contribution in [0.2, 0.25) is 0 Å². The van der Waals surface area contributed by atoms with Crippen LogP contribution in [0.5, 0.6) is 0 Å². The molecule has 2 aliphatic rings. The van der Waals surface area contributed by atoms with Crippen LogP contribution in [0.15, 0.2) is 24.3 Å². The molecule has 28 heavy (non-hydrogen) atoms. The zero-order valence-electron chi connectivity index (χ0n) is 16.5. The van der Waals surface area contributed by atoms with E-state index in [4.69, 9.17) is 10.8 Å². The molecule has 1 aromatic carbocycles. The Labute approximate surface area is 165 Å². The molecule has 0 unspecified atom stereocenters. The molecular formula is C22H30N4O2. The number of rotatable bonds is 5. The molecule has 6 nitrogen and oxygen atoms in total. The van der Waals surface area contributed by atoms with Crippen LogP contribution in [-0.2, 0) is 11.3 Å². The Balaban J connectivity index is 1.62. The molecule has 1 heterocycles. The van der Waals surface area contributed by atoms with Gasteiger partial charge < -0.3 is 11.1 Å². The number of amides is 2. The third-order valence-corrected chi connectivity index (χ3v) is 6.56. The first kappa shape index (κ1) is 19.0. The Morgan fingerprint density at radius 1 is 1.07 bits per heavy atom. The fraction of sp³-hybridized carbons (Fsp3) is 0.591. The van der Waals surface area contributed by atoms with Crippen molar-refractivity contribution in [1.29, 1.82) is 0 Å². The van der Waals surface area contributed by atoms with E-state index in [0.29, 0.717) is 24.5 Å². The van der Waals surface area contributed by atoms with E-state index >= 15 is 0 Å². The fourth-order valence-corrected chi connectivity index (χ4v) is 4.91. The minimum absolute atomic E-state index is 0.292. The smallest absolute Gasteiger partial charge is 0.273 e. The zero-order chi connectivity index (χ0) is 19.6. The maximum Gasteiger partial charge on any atom is 0.273 e. The van der Waals surface area contributed by atoms with Crippen molar-refractivity contribution < 1.29 is 9.59 Å². The normalized spacial score (nSPS) is 20.1. The predicted octanol–water partition coefficient (Wildman–Crippen LogP) is 3.53. The van der Waals surface area contributed by atoms with Gasteiger partial charge in [0.05, 0.1) is 5.52 Å². The number of nitrogens with two attached hydrogens (primary N) is 1. The first-order chi connectivity index (χ1) is 13.6. The number of carbonyl (C=O) groups is 2. The van der Waals surface area contributed by atoms with Crippen LogP contribution in [0.3, 0.4) is 0 Å². The Morgan fingerprint density at radius 2 is 1.75 bits per heavy atom. The molecule has 6 heteroatoms. The number of fused-ring (bicyclic) bond motifs is 1. The van der Waals surface area contributed by atoms with E-state index in [9.17, 15) is 9.59 Å². The Kier molecular flexibility index (Phi) is 5.38. The Bertz CT molecular complexity index is 861. The highest BCUT2D eigenvalue weighted by Gasteiger charge is 2.40. The van der Waals surface area contributed by atoms with Gasteiger partial charge in [-0.15, -0.1) is 0 Å². The van der Waals surface area contributed by atoms with Gasteiger partial charge >= 0.3 is 0 Å². The summed E-state index contributed by atoms with van der Waals surface area (Å²) in [6.07, 6.45) is 10.4. The maximum absolute atomic E-state index is 13.1. The lowest BCUT2D eigenvalue weighted by atomic mass is 9.81. The topological polar surface area (TPSA) is 90.0 Å². The molecule has 2 saturated carbocycles. The SMILES string of the molecule is NC(=O)C1(NC(=O)c2nn(CC3CCCCC3)c3ccccc23)CCCCC1. The Hall–Kier alpha value is -2.37. The van der Waals surface area contributed by atoms with Crippen LogP contribution in [0.25, 0.3) is 10.9 Å². The van der Waals surface area contributed by atoms with Crippen LogP contribution in [0, 0.1) is 5.92 Å². The van der Waals surface area contributed by atoms with Crippen molar-refractivity contribution in [3.05, 3.63) is 30.0 Å². The highest BCUT2D eigenvalue weighted by atomic mass is 16.2. The summed E-state index contributed by atoms with van der Waals surface area (Å²) in [7, 11) is 0. The minimum Gasteiger partial charge on any atom is -0.368 e. The third kappa shape index (κ3) is 3.64. The van der Waals surface area contributed by atoms with E-state index in [-0.39, 0.29) is 5.91 Å². The van der Waals surface area contributed by atoms with Crippen molar-refractivity contribution >= 4 is 22.7 Å². The second kappa shape index (κ2) is 7.94. The number of primary amides is 1. The molecule has 4 rings (SSSR count). The van der Waals surface area contributed by atoms with Crippen LogP contribution in [0.4, 0.5) is 0 Å². The molecule has 150 valence electrons. The molecule has 2 fully saturated rings. The van der Waals surface area contributed by atoms with Gasteiger partial charge in [-0.25, -0.2) is 0 Å². The van der Waals surface area contributed by atoms with Crippen molar-refractivity contribution in [3.63, 3.8) is 0 Å². The summed E-state index contributed by atoms with van der Waals surface area (Å²) in [5.41, 5.74) is 6.13. The van der Waals surface area contributed by atoms with Gasteiger partial charge in [0.15, 0.2) is 5.69 Å². The van der Waals surface area contributed by atoms with E-state index < -0.39 is 11.4 Å². The number of para-hydroxylation sites is 1. The van der Waals surface area contributed by atoms with Gasteiger partial charge in [0.25, 0.3) is 5.91 Å². The highest BCUT2D eigenvalue weighted by molar-refractivity contribution is 6.06. The van der Waals surface area contributed by atoms with Crippen LogP contribution in [0.1, 0.15) is 74.7 Å². The van der Waals surface area contributed by atoms with Gasteiger partial charge in [-0.3, -0.25) is 14.3 Å². The monoisotopic (exact) mass is 382 g/mol. The van der Waals surface area contributed by atoms with E-state index in [0.717, 1.165) is 36.7 Å². The average Bonchev–Trinajstić information content (AvgIpc) is 3.08. The molecule has 0 radical (unpaired) electrons. The predicted molar refractivity (Wildman–Crippen MR) is 109 cm³/mol. The van der Waals surface area contributed by atoms with E-state index in [1.807, 2.05) is 28.9 Å². The summed E-state index contributed by atoms with van der Waals surface area (Å²) in [5, 5.41) is 8.50. The van der Waals surface area contributed by atoms with E-state index in [2.05, 4.69) is 5.32 Å². The maximum atomic E-state index is 13.1. The first-order valence-corrected chi connectivity index (χ1v) is 10.7. The van der Waals surface area contributed by atoms with Crippen molar-refractivity contribution in [3.8, 4) is 0 Å². The van der Waals surface area contributed by atoms with Gasteiger partial charge in [0, 0.05) is 11.9 Å². The first-order valence-electron chi connectivity index (χ1n) is 10.7. The molecule has 0 bridgehead atoms. The summed E-state index contributed by atoms with van der Waals surface area (Å²) in [4.78, 5) is 25.3. The summed E-state index contributed by atoms with van der Waals surface area (Å²) in [6.45, 7) is 0.842. The minimum atomic E-state index is -0.941. The molecule has 3 N–H and O–H groups in total. The molecule has 2 amide bonds. The lowest BCUT2D eigenvalue weighted by Gasteiger charge is -2.34. The average molecular weight is 383 g/mol. The van der Waals surface area contributed by atoms with E-state index in [1.165, 1.54) is 32.1 Å². The van der Waals surface area contributed by atoms with Crippen molar-refractivity contribution in [1.82, 2.24) is 15.1 Å². The van der Waals surface area contributed by atoms with Crippen LogP contribution >= 0.6 is 0 Å². The van der Waals surface area contributed by atoms with Crippen LogP contribution in [-0.4, -0.2) is 27.1 Å². The Morgan fingerprint density at radius 3 is 2.46 bits per heavy atom. The summed E-state index contributed by atoms with van der Waals surface area (Å²) >= 11 is 0. The standard InChI is InChI=1S/C22H30N4O2/c23-21(28)22(13-7-2-8-14-22)24-20(27)19-17-11-5-6-12-18(17)26(25-19)15-16-9-3-1-4-10-16/h5-6,11-12,16H,1-4,7-10,13-15H2,(H2,23,28)(H,24,27). The quantitative estimate of drug-likeness (QED) is 0.829. The number of carbonyl (C=O) groups excluding carboxylic acids is 2. The van der Waals surface area contributed by atoms with Gasteiger partial charge in [-0.1, -0.05) is 56.7 Å². The van der Waals surface area contributed by atoms with E-state index in [1.54, 1.807) is 0 Å². The number of nitrogens with one attached hydrogen (secondary N) is 1. The second-order valence-electron chi connectivity index (χ2n) is 8.51. The number of hydrogen-bond donors (Lipinski definition) is 2. The fourth-order valence-electron chi connectivity index (χ4n) is 4.91. The van der Waals surface area contributed by atoms with Gasteiger partial charge in [0.2, 0.25) is 5.91 Å². The molecule has 0 saturated heterocycles. The summed E-state index contributed by atoms with van der Waals surface area (Å²) < 4.78 is 1.98.